The molecule has 0 bridgehead atoms. The van der Waals surface area contributed by atoms with Gasteiger partial charge in [-0.3, -0.25) is 9.48 Å². The smallest absolute Gasteiger partial charge is 0.269 e. The number of aryl methyl sites for hydroxylation is 1. The third-order valence-corrected chi connectivity index (χ3v) is 4.76. The van der Waals surface area contributed by atoms with Crippen molar-refractivity contribution in [1.82, 2.24) is 25.1 Å². The summed E-state index contributed by atoms with van der Waals surface area (Å²) < 4.78 is 15.2. The third-order valence-electron chi connectivity index (χ3n) is 4.76. The van der Waals surface area contributed by atoms with Crippen LogP contribution in [0.2, 0.25) is 0 Å². The number of halogens is 1. The van der Waals surface area contributed by atoms with E-state index in [0.29, 0.717) is 11.1 Å². The van der Waals surface area contributed by atoms with Crippen molar-refractivity contribution >= 4 is 22.6 Å². The average Bonchev–Trinajstić information content (AvgIpc) is 3.08. The summed E-state index contributed by atoms with van der Waals surface area (Å²) in [7, 11) is 1.75. The van der Waals surface area contributed by atoms with Crippen molar-refractivity contribution in [3.05, 3.63) is 48.3 Å². The Morgan fingerprint density at radius 2 is 2.04 bits per heavy atom. The van der Waals surface area contributed by atoms with Crippen molar-refractivity contribution in [2.45, 2.75) is 18.9 Å². The quantitative estimate of drug-likeness (QED) is 0.777. The first-order valence-electron chi connectivity index (χ1n) is 8.56. The highest BCUT2D eigenvalue weighted by atomic mass is 19.1. The van der Waals surface area contributed by atoms with Gasteiger partial charge in [0.05, 0.1) is 5.52 Å². The lowest BCUT2D eigenvalue weighted by atomic mass is 10.0. The molecular formula is C18H19FN6O. The van der Waals surface area contributed by atoms with E-state index in [0.717, 1.165) is 37.3 Å². The Balaban J connectivity index is 1.45. The van der Waals surface area contributed by atoms with E-state index >= 15 is 0 Å². The van der Waals surface area contributed by atoms with Gasteiger partial charge in [0.1, 0.15) is 23.7 Å². The molecule has 2 aromatic heterocycles. The molecule has 1 amide bonds. The van der Waals surface area contributed by atoms with Gasteiger partial charge in [-0.1, -0.05) is 0 Å². The minimum atomic E-state index is -0.299. The lowest BCUT2D eigenvalue weighted by molar-refractivity contribution is 0.0921. The van der Waals surface area contributed by atoms with E-state index in [1.54, 1.807) is 30.1 Å². The molecule has 8 heteroatoms. The molecule has 0 spiro atoms. The molecule has 1 saturated heterocycles. The molecule has 0 saturated carbocycles. The van der Waals surface area contributed by atoms with Crippen molar-refractivity contribution in [3.63, 3.8) is 0 Å². The normalized spacial score (nSPS) is 15.4. The molecule has 0 unspecified atom stereocenters. The highest BCUT2D eigenvalue weighted by molar-refractivity contribution is 5.92. The molecule has 1 fully saturated rings. The monoisotopic (exact) mass is 354 g/mol. The summed E-state index contributed by atoms with van der Waals surface area (Å²) in [6, 6.07) is 6.33. The lowest BCUT2D eigenvalue weighted by Gasteiger charge is -2.33. The maximum absolute atomic E-state index is 13.6. The second kappa shape index (κ2) is 6.70. The Labute approximate surface area is 149 Å². The van der Waals surface area contributed by atoms with Crippen molar-refractivity contribution < 1.29 is 9.18 Å². The number of piperidine rings is 1. The highest BCUT2D eigenvalue weighted by Gasteiger charge is 2.24. The zero-order chi connectivity index (χ0) is 18.1. The van der Waals surface area contributed by atoms with Crippen molar-refractivity contribution in [2.75, 3.05) is 18.0 Å². The average molecular weight is 354 g/mol. The van der Waals surface area contributed by atoms with Crippen LogP contribution in [0.15, 0.2) is 36.8 Å². The maximum atomic E-state index is 13.6. The third kappa shape index (κ3) is 3.10. The number of nitrogens with one attached hydrogen (secondary N) is 1. The van der Waals surface area contributed by atoms with E-state index < -0.39 is 0 Å². The summed E-state index contributed by atoms with van der Waals surface area (Å²) in [5.41, 5.74) is 1.27. The fraction of sp³-hybridized carbons (Fsp3) is 0.333. The number of nitrogens with zero attached hydrogens (tertiary/aromatic N) is 5. The predicted molar refractivity (Wildman–Crippen MR) is 95.4 cm³/mol. The number of hydrogen-bond acceptors (Lipinski definition) is 5. The minimum Gasteiger partial charge on any atom is -0.356 e. The van der Waals surface area contributed by atoms with Crippen LogP contribution in [0.4, 0.5) is 10.2 Å². The molecule has 0 aliphatic carbocycles. The Kier molecular flexibility index (Phi) is 4.24. The summed E-state index contributed by atoms with van der Waals surface area (Å²) in [4.78, 5) is 23.0. The van der Waals surface area contributed by atoms with Gasteiger partial charge in [-0.25, -0.2) is 14.4 Å². The first kappa shape index (κ1) is 16.4. The number of benzene rings is 1. The zero-order valence-corrected chi connectivity index (χ0v) is 14.4. The zero-order valence-electron chi connectivity index (χ0n) is 14.4. The standard InChI is InChI=1S/C18H19FN6O/c1-24-16(4-7-22-24)18(26)23-13-5-8-25(9-6-13)17-14-10-12(19)2-3-15(14)20-11-21-17/h2-4,7,10-11,13H,5-6,8-9H2,1H3,(H,23,26). The van der Waals surface area contributed by atoms with Gasteiger partial charge in [0.15, 0.2) is 0 Å². The molecule has 1 aromatic carbocycles. The predicted octanol–water partition coefficient (Wildman–Crippen LogP) is 1.90. The fourth-order valence-electron chi connectivity index (χ4n) is 3.36. The SMILES string of the molecule is Cn1nccc1C(=O)NC1CCN(c2ncnc3ccc(F)cc23)CC1. The molecule has 7 nitrogen and oxygen atoms in total. The van der Waals surface area contributed by atoms with Crippen LogP contribution in [0.25, 0.3) is 10.9 Å². The van der Waals surface area contributed by atoms with E-state index in [-0.39, 0.29) is 17.8 Å². The van der Waals surface area contributed by atoms with Gasteiger partial charge in [0, 0.05) is 37.8 Å². The number of carbonyl (C=O) groups excluding carboxylic acids is 1. The van der Waals surface area contributed by atoms with E-state index in [4.69, 9.17) is 0 Å². The second-order valence-corrected chi connectivity index (χ2v) is 6.43. The van der Waals surface area contributed by atoms with E-state index in [2.05, 4.69) is 25.3 Å². The van der Waals surface area contributed by atoms with E-state index in [1.165, 1.54) is 18.5 Å². The Morgan fingerprint density at radius 3 is 2.77 bits per heavy atom. The number of amides is 1. The molecule has 0 atom stereocenters. The number of carbonyl (C=O) groups is 1. The van der Waals surface area contributed by atoms with Crippen LogP contribution in [0.5, 0.6) is 0 Å². The molecule has 3 aromatic rings. The van der Waals surface area contributed by atoms with Gasteiger partial charge in [0.2, 0.25) is 0 Å². The lowest BCUT2D eigenvalue weighted by Crippen LogP contribution is -2.45. The Morgan fingerprint density at radius 1 is 1.23 bits per heavy atom. The van der Waals surface area contributed by atoms with Gasteiger partial charge >= 0.3 is 0 Å². The van der Waals surface area contributed by atoms with Gasteiger partial charge in [-0.05, 0) is 37.1 Å². The summed E-state index contributed by atoms with van der Waals surface area (Å²) in [6.07, 6.45) is 4.71. The topological polar surface area (TPSA) is 75.9 Å². The van der Waals surface area contributed by atoms with Crippen LogP contribution in [-0.4, -0.2) is 44.8 Å². The van der Waals surface area contributed by atoms with Crippen LogP contribution in [-0.2, 0) is 7.05 Å². The number of fused-ring (bicyclic) bond motifs is 1. The largest absolute Gasteiger partial charge is 0.356 e. The number of hydrogen-bond donors (Lipinski definition) is 1. The molecule has 1 aliphatic rings. The fourth-order valence-corrected chi connectivity index (χ4v) is 3.36. The molecule has 4 rings (SSSR count). The molecule has 0 radical (unpaired) electrons. The maximum Gasteiger partial charge on any atom is 0.269 e. The van der Waals surface area contributed by atoms with Crippen molar-refractivity contribution in [1.29, 1.82) is 0 Å². The first-order valence-corrected chi connectivity index (χ1v) is 8.56. The van der Waals surface area contributed by atoms with Gasteiger partial charge in [0.25, 0.3) is 5.91 Å². The van der Waals surface area contributed by atoms with E-state index in [1.807, 2.05) is 0 Å². The summed E-state index contributed by atoms with van der Waals surface area (Å²) >= 11 is 0. The molecule has 1 aliphatic heterocycles. The van der Waals surface area contributed by atoms with Crippen LogP contribution in [0.3, 0.4) is 0 Å². The van der Waals surface area contributed by atoms with Crippen LogP contribution in [0.1, 0.15) is 23.3 Å². The Hall–Kier alpha value is -3.03. The summed E-state index contributed by atoms with van der Waals surface area (Å²) in [6.45, 7) is 1.47. The Bertz CT molecular complexity index is 948. The summed E-state index contributed by atoms with van der Waals surface area (Å²) in [5.74, 6) is 0.329. The van der Waals surface area contributed by atoms with Crippen molar-refractivity contribution in [3.8, 4) is 0 Å². The van der Waals surface area contributed by atoms with E-state index in [9.17, 15) is 9.18 Å². The highest BCUT2D eigenvalue weighted by Crippen LogP contribution is 2.26. The molecule has 134 valence electrons. The van der Waals surface area contributed by atoms with Gasteiger partial charge in [-0.2, -0.15) is 5.10 Å². The first-order chi connectivity index (χ1) is 12.6. The van der Waals surface area contributed by atoms with Crippen LogP contribution < -0.4 is 10.2 Å². The van der Waals surface area contributed by atoms with Crippen molar-refractivity contribution in [2.24, 2.45) is 7.05 Å². The summed E-state index contributed by atoms with van der Waals surface area (Å²) in [5, 5.41) is 7.80. The molecule has 3 heterocycles. The minimum absolute atomic E-state index is 0.0958. The second-order valence-electron chi connectivity index (χ2n) is 6.43. The molecule has 26 heavy (non-hydrogen) atoms. The van der Waals surface area contributed by atoms with Crippen LogP contribution in [0, 0.1) is 5.82 Å². The number of anilines is 1. The number of aromatic nitrogens is 4. The van der Waals surface area contributed by atoms with Crippen LogP contribution >= 0.6 is 0 Å². The molecular weight excluding hydrogens is 335 g/mol. The molecule has 1 N–H and O–H groups in total. The van der Waals surface area contributed by atoms with Gasteiger partial charge in [-0.15, -0.1) is 0 Å². The number of rotatable bonds is 3. The van der Waals surface area contributed by atoms with Gasteiger partial charge < -0.3 is 10.2 Å².